The number of fused-ring (bicyclic) bond motifs is 9. The van der Waals surface area contributed by atoms with Crippen molar-refractivity contribution >= 4 is 95.9 Å². The fourth-order valence-corrected chi connectivity index (χ4v) is 14.4. The summed E-state index contributed by atoms with van der Waals surface area (Å²) in [5, 5.41) is 2.29. The molecule has 70 heavy (non-hydrogen) atoms. The number of aryl methyl sites for hydroxylation is 2. The largest absolute Gasteiger partial charge is 0.456 e. The van der Waals surface area contributed by atoms with Gasteiger partial charge in [0.1, 0.15) is 11.2 Å². The fraction of sp³-hybridized carbons (Fsp3) is 0.354. The number of furan rings is 1. The van der Waals surface area contributed by atoms with Crippen LogP contribution in [0.1, 0.15) is 147 Å². The smallest absolute Gasteiger partial charge is 0.264 e. The summed E-state index contributed by atoms with van der Waals surface area (Å²) in [4.78, 5) is 6.76. The van der Waals surface area contributed by atoms with Crippen LogP contribution in [0.15, 0.2) is 120 Å². The Balaban J connectivity index is 1.22. The second kappa shape index (κ2) is 15.4. The molecule has 0 amide bonds. The molecule has 6 aromatic carbocycles. The molecule has 0 unspecified atom stereocenters. The molecule has 4 heterocycles. The quantitative estimate of drug-likeness (QED) is 0.155. The molecule has 0 saturated heterocycles. The lowest BCUT2D eigenvalue weighted by Gasteiger charge is -2.48. The fourth-order valence-electron chi connectivity index (χ4n) is 13.0. The topological polar surface area (TPSA) is 19.6 Å². The summed E-state index contributed by atoms with van der Waals surface area (Å²) in [6.45, 7) is 33.9. The van der Waals surface area contributed by atoms with Gasteiger partial charge in [-0.1, -0.05) is 143 Å². The molecular weight excluding hydrogens is 868 g/mol. The first-order valence-corrected chi connectivity index (χ1v) is 26.8. The molecule has 0 fully saturated rings. The van der Waals surface area contributed by atoms with Crippen LogP contribution in [0.3, 0.4) is 0 Å². The first-order chi connectivity index (χ1) is 33.2. The van der Waals surface area contributed by atoms with Crippen molar-refractivity contribution in [3.63, 3.8) is 0 Å². The Bertz CT molecular complexity index is 3480. The van der Waals surface area contributed by atoms with E-state index in [-0.39, 0.29) is 33.8 Å². The molecule has 2 aliphatic heterocycles. The Labute approximate surface area is 421 Å². The maximum atomic E-state index is 6.69. The second-order valence-corrected chi connectivity index (χ2v) is 26.4. The van der Waals surface area contributed by atoms with Gasteiger partial charge in [0.25, 0.3) is 6.71 Å². The number of hydrogen-bond acceptors (Lipinski definition) is 4. The minimum atomic E-state index is 0.0180. The van der Waals surface area contributed by atoms with Crippen molar-refractivity contribution in [3.05, 3.63) is 154 Å². The van der Waals surface area contributed by atoms with Gasteiger partial charge in [-0.3, -0.25) is 0 Å². The molecule has 2 aliphatic carbocycles. The first-order valence-electron chi connectivity index (χ1n) is 26.0. The summed E-state index contributed by atoms with van der Waals surface area (Å²) in [6.07, 6.45) is 8.90. The van der Waals surface area contributed by atoms with Crippen LogP contribution in [0.5, 0.6) is 0 Å². The van der Waals surface area contributed by atoms with Crippen LogP contribution in [-0.4, -0.2) is 6.71 Å². The Morgan fingerprint density at radius 1 is 0.629 bits per heavy atom. The Morgan fingerprint density at radius 3 is 1.84 bits per heavy atom. The molecule has 2 aromatic heterocycles. The summed E-state index contributed by atoms with van der Waals surface area (Å²) < 4.78 is 8.10. The lowest BCUT2D eigenvalue weighted by molar-refractivity contribution is 0.332. The molecule has 0 bridgehead atoms. The highest BCUT2D eigenvalue weighted by Gasteiger charge is 2.49. The minimum absolute atomic E-state index is 0.0180. The molecule has 8 aromatic rings. The normalized spacial score (nSPS) is 18.0. The number of hydrogen-bond donors (Lipinski definition) is 0. The lowest BCUT2D eigenvalue weighted by Crippen LogP contribution is -2.61. The number of benzene rings is 6. The third-order valence-electron chi connectivity index (χ3n) is 17.3. The molecule has 354 valence electrons. The van der Waals surface area contributed by atoms with Crippen molar-refractivity contribution < 1.29 is 4.42 Å². The maximum Gasteiger partial charge on any atom is 0.264 e. The summed E-state index contributed by atoms with van der Waals surface area (Å²) in [5.41, 5.74) is 23.4. The van der Waals surface area contributed by atoms with Crippen LogP contribution >= 0.6 is 11.3 Å². The number of para-hydroxylation sites is 1. The molecule has 3 nitrogen and oxygen atoms in total. The Hall–Kier alpha value is -5.78. The number of rotatable bonds is 6. The predicted molar refractivity (Wildman–Crippen MR) is 304 cm³/mol. The summed E-state index contributed by atoms with van der Waals surface area (Å²) in [7, 11) is 0. The van der Waals surface area contributed by atoms with E-state index in [1.54, 1.807) is 0 Å². The third kappa shape index (κ3) is 6.87. The predicted octanol–water partition coefficient (Wildman–Crippen LogP) is 17.0. The maximum absolute atomic E-state index is 6.69. The van der Waals surface area contributed by atoms with E-state index in [2.05, 4.69) is 215 Å². The van der Waals surface area contributed by atoms with Crippen LogP contribution in [-0.2, 0) is 28.1 Å². The van der Waals surface area contributed by atoms with E-state index in [1.807, 2.05) is 11.3 Å². The first kappa shape index (κ1) is 45.4. The van der Waals surface area contributed by atoms with Crippen molar-refractivity contribution in [3.8, 4) is 11.1 Å². The van der Waals surface area contributed by atoms with Gasteiger partial charge in [-0.05, 0) is 165 Å². The molecule has 12 rings (SSSR count). The van der Waals surface area contributed by atoms with Gasteiger partial charge in [-0.2, -0.15) is 11.3 Å². The van der Waals surface area contributed by atoms with Crippen molar-refractivity contribution in [2.45, 2.75) is 143 Å². The van der Waals surface area contributed by atoms with Gasteiger partial charge < -0.3 is 14.2 Å². The van der Waals surface area contributed by atoms with Crippen molar-refractivity contribution in [1.29, 1.82) is 0 Å². The molecule has 0 radical (unpaired) electrons. The van der Waals surface area contributed by atoms with E-state index in [9.17, 15) is 0 Å². The average Bonchev–Trinajstić information content (AvgIpc) is 3.88. The summed E-state index contributed by atoms with van der Waals surface area (Å²) in [6, 6.07) is 42.2. The van der Waals surface area contributed by atoms with Gasteiger partial charge in [0.05, 0.1) is 11.4 Å². The number of thiophene rings is 1. The van der Waals surface area contributed by atoms with Crippen LogP contribution in [0, 0.1) is 12.3 Å². The highest BCUT2D eigenvalue weighted by atomic mass is 32.1. The zero-order chi connectivity index (χ0) is 49.0. The zero-order valence-electron chi connectivity index (χ0n) is 43.7. The monoisotopic (exact) mass is 937 g/mol. The number of anilines is 6. The summed E-state index contributed by atoms with van der Waals surface area (Å²) in [5.74, 6) is 0. The van der Waals surface area contributed by atoms with E-state index < -0.39 is 0 Å². The van der Waals surface area contributed by atoms with Crippen molar-refractivity contribution in [1.82, 2.24) is 0 Å². The Kier molecular flexibility index (Phi) is 9.96. The molecule has 4 aliphatic rings. The minimum Gasteiger partial charge on any atom is -0.456 e. The van der Waals surface area contributed by atoms with E-state index in [0.717, 1.165) is 59.7 Å². The third-order valence-corrected chi connectivity index (χ3v) is 18.7. The second-order valence-electron chi connectivity index (χ2n) is 25.3. The molecule has 0 saturated carbocycles. The molecule has 5 heteroatoms. The highest BCUT2D eigenvalue weighted by Crippen LogP contribution is 2.56. The SMILES string of the molecule is C=Cc1c(CCC(C)(C)C)sc2c1N(c1ccc3c(c1)oc1ccccc13)c1cc(C)cc3c1B2c1cc2c(cc1N3c1cc3c(cc1-c1ccccc1)C(C)(C)CCC3(C)C)C(C)(C)CCC2(C)C. The van der Waals surface area contributed by atoms with Crippen molar-refractivity contribution in [2.75, 3.05) is 9.80 Å². The highest BCUT2D eigenvalue weighted by molar-refractivity contribution is 7.29. The van der Waals surface area contributed by atoms with E-state index in [0.29, 0.717) is 0 Å². The van der Waals surface area contributed by atoms with Crippen LogP contribution < -0.4 is 25.5 Å². The van der Waals surface area contributed by atoms with E-state index >= 15 is 0 Å². The van der Waals surface area contributed by atoms with Crippen LogP contribution in [0.2, 0.25) is 0 Å². The standard InChI is InChI=1S/C65H69BN2OS/c1-14-42-57(26-27-61(3,4)5)70-60-59(42)67(41-24-25-44-43-22-18-19-23-55(43)69-56(44)34-41)53-32-39(2)33-54-58(53)66(60)50-36-47-49(65(12,13)31-29-63(47,8)9)38-52(50)68(54)51-37-48-46(62(6,7)28-30-64(48,10)11)35-45(51)40-20-16-15-17-21-40/h14-25,32-38H,1,26-31H2,2-13H3. The van der Waals surface area contributed by atoms with Gasteiger partial charge >= 0.3 is 0 Å². The van der Waals surface area contributed by atoms with Gasteiger partial charge in [-0.15, -0.1) is 0 Å². The van der Waals surface area contributed by atoms with E-state index in [1.165, 1.54) is 99.9 Å². The summed E-state index contributed by atoms with van der Waals surface area (Å²) >= 11 is 2.04. The van der Waals surface area contributed by atoms with Gasteiger partial charge in [-0.25, -0.2) is 0 Å². The lowest BCUT2D eigenvalue weighted by atomic mass is 9.35. The molecular formula is C65H69BN2OS. The molecule has 0 atom stereocenters. The van der Waals surface area contributed by atoms with Gasteiger partial charge in [0.15, 0.2) is 0 Å². The average molecular weight is 937 g/mol. The van der Waals surface area contributed by atoms with Crippen LogP contribution in [0.4, 0.5) is 34.1 Å². The Morgan fingerprint density at radius 2 is 1.20 bits per heavy atom. The van der Waals surface area contributed by atoms with Crippen LogP contribution in [0.25, 0.3) is 39.1 Å². The van der Waals surface area contributed by atoms with E-state index in [4.69, 9.17) is 4.42 Å². The zero-order valence-corrected chi connectivity index (χ0v) is 44.5. The van der Waals surface area contributed by atoms with Crippen molar-refractivity contribution in [2.24, 2.45) is 5.41 Å². The number of nitrogens with zero attached hydrogens (tertiary/aromatic N) is 2. The van der Waals surface area contributed by atoms with Gasteiger partial charge in [0, 0.05) is 60.4 Å². The van der Waals surface area contributed by atoms with Gasteiger partial charge in [0.2, 0.25) is 0 Å². The molecule has 0 N–H and O–H groups in total. The molecule has 0 spiro atoms.